The van der Waals surface area contributed by atoms with Gasteiger partial charge < -0.3 is 15.1 Å². The molecule has 1 saturated heterocycles. The number of amides is 2. The second kappa shape index (κ2) is 7.88. The molecule has 9 heteroatoms. The molecule has 26 heavy (non-hydrogen) atoms. The minimum absolute atomic E-state index is 0.0176. The Kier molecular flexibility index (Phi) is 5.58. The minimum atomic E-state index is -0.198. The summed E-state index contributed by atoms with van der Waals surface area (Å²) in [6.07, 6.45) is 1.51. The number of halogens is 2. The van der Waals surface area contributed by atoms with Crippen molar-refractivity contribution in [3.05, 3.63) is 46.2 Å². The fourth-order valence-electron chi connectivity index (χ4n) is 2.64. The summed E-state index contributed by atoms with van der Waals surface area (Å²) in [7, 11) is 0. The second-order valence-corrected chi connectivity index (χ2v) is 6.66. The van der Waals surface area contributed by atoms with E-state index in [1.54, 1.807) is 34.1 Å². The van der Waals surface area contributed by atoms with E-state index < -0.39 is 0 Å². The molecule has 0 radical (unpaired) electrons. The molecule has 0 atom stereocenters. The fraction of sp³-hybridized carbons (Fsp3) is 0.294. The molecule has 0 unspecified atom stereocenters. The highest BCUT2D eigenvalue weighted by molar-refractivity contribution is 6.35. The molecule has 7 nitrogen and oxygen atoms in total. The zero-order chi connectivity index (χ0) is 18.7. The van der Waals surface area contributed by atoms with Gasteiger partial charge in [0.15, 0.2) is 0 Å². The van der Waals surface area contributed by atoms with Gasteiger partial charge in [0.1, 0.15) is 5.69 Å². The summed E-state index contributed by atoms with van der Waals surface area (Å²) in [4.78, 5) is 35.8. The molecule has 2 aromatic rings. The first-order valence-electron chi connectivity index (χ1n) is 8.04. The number of nitrogens with one attached hydrogen (secondary N) is 1. The molecule has 1 aromatic carbocycles. The lowest BCUT2D eigenvalue weighted by molar-refractivity contribution is -0.130. The van der Waals surface area contributed by atoms with Gasteiger partial charge in [-0.3, -0.25) is 9.59 Å². The van der Waals surface area contributed by atoms with Crippen molar-refractivity contribution >= 4 is 46.7 Å². The average molecular weight is 394 g/mol. The summed E-state index contributed by atoms with van der Waals surface area (Å²) in [5.41, 5.74) is 0.829. The third-order valence-electron chi connectivity index (χ3n) is 4.06. The summed E-state index contributed by atoms with van der Waals surface area (Å²) in [6.45, 7) is 3.53. The van der Waals surface area contributed by atoms with Crippen LogP contribution in [0.5, 0.6) is 0 Å². The predicted octanol–water partition coefficient (Wildman–Crippen LogP) is 2.83. The van der Waals surface area contributed by atoms with Gasteiger partial charge in [0.2, 0.25) is 11.9 Å². The number of hydrogen-bond acceptors (Lipinski definition) is 5. The number of nitrogens with zero attached hydrogens (tertiary/aromatic N) is 4. The molecule has 1 aliphatic rings. The fourth-order valence-corrected chi connectivity index (χ4v) is 2.98. The third-order valence-corrected chi connectivity index (χ3v) is 4.63. The van der Waals surface area contributed by atoms with Crippen molar-refractivity contribution < 1.29 is 9.59 Å². The van der Waals surface area contributed by atoms with Gasteiger partial charge in [0.05, 0.1) is 10.7 Å². The lowest BCUT2D eigenvalue weighted by Gasteiger charge is -2.34. The number of anilines is 2. The first-order valence-corrected chi connectivity index (χ1v) is 8.79. The van der Waals surface area contributed by atoms with E-state index in [1.165, 1.54) is 13.1 Å². The number of aromatic nitrogens is 2. The molecule has 136 valence electrons. The van der Waals surface area contributed by atoms with Crippen molar-refractivity contribution in [2.24, 2.45) is 0 Å². The van der Waals surface area contributed by atoms with Crippen LogP contribution in [0.2, 0.25) is 10.0 Å². The Labute approximate surface area is 160 Å². The minimum Gasteiger partial charge on any atom is -0.339 e. The quantitative estimate of drug-likeness (QED) is 0.866. The van der Waals surface area contributed by atoms with Crippen LogP contribution in [-0.4, -0.2) is 57.8 Å². The van der Waals surface area contributed by atoms with E-state index in [0.29, 0.717) is 41.9 Å². The Bertz CT molecular complexity index is 838. The number of hydrogen-bond donors (Lipinski definition) is 1. The van der Waals surface area contributed by atoms with Crippen molar-refractivity contribution in [1.82, 2.24) is 19.8 Å². The Morgan fingerprint density at radius 2 is 1.77 bits per heavy atom. The molecule has 0 saturated carbocycles. The van der Waals surface area contributed by atoms with Gasteiger partial charge in [-0.2, -0.15) is 0 Å². The highest BCUT2D eigenvalue weighted by Crippen LogP contribution is 2.27. The summed E-state index contributed by atoms with van der Waals surface area (Å²) >= 11 is 12.1. The van der Waals surface area contributed by atoms with Gasteiger partial charge in [-0.05, 0) is 24.3 Å². The van der Waals surface area contributed by atoms with Crippen LogP contribution in [0.15, 0.2) is 30.5 Å². The summed E-state index contributed by atoms with van der Waals surface area (Å²) < 4.78 is 0. The molecular formula is C17H17Cl2N5O2. The lowest BCUT2D eigenvalue weighted by Crippen LogP contribution is -2.50. The van der Waals surface area contributed by atoms with Crippen molar-refractivity contribution in [3.63, 3.8) is 0 Å². The Hall–Kier alpha value is -2.38. The molecule has 0 aliphatic carbocycles. The van der Waals surface area contributed by atoms with Crippen LogP contribution in [0.25, 0.3) is 0 Å². The van der Waals surface area contributed by atoms with E-state index in [2.05, 4.69) is 15.3 Å². The Balaban J connectivity index is 1.72. The molecule has 0 bridgehead atoms. The molecule has 1 aromatic heterocycles. The molecule has 1 N–H and O–H groups in total. The molecule has 2 heterocycles. The van der Waals surface area contributed by atoms with Crippen LogP contribution in [-0.2, 0) is 4.79 Å². The van der Waals surface area contributed by atoms with Crippen molar-refractivity contribution in [2.45, 2.75) is 6.92 Å². The molecular weight excluding hydrogens is 377 g/mol. The number of benzene rings is 1. The van der Waals surface area contributed by atoms with Gasteiger partial charge in [0, 0.05) is 44.3 Å². The molecule has 1 fully saturated rings. The first kappa shape index (κ1) is 18.4. The van der Waals surface area contributed by atoms with E-state index in [-0.39, 0.29) is 23.5 Å². The SMILES string of the molecule is CC(=O)N1CCN(C(=O)c2ccnc(Nc3cc(Cl)ccc3Cl)n2)CC1. The van der Waals surface area contributed by atoms with E-state index in [1.807, 2.05) is 0 Å². The molecule has 3 rings (SSSR count). The summed E-state index contributed by atoms with van der Waals surface area (Å²) in [5.74, 6) is 0.0715. The maximum absolute atomic E-state index is 12.7. The number of carbonyl (C=O) groups is 2. The monoisotopic (exact) mass is 393 g/mol. The maximum Gasteiger partial charge on any atom is 0.272 e. The van der Waals surface area contributed by atoms with Crippen molar-refractivity contribution in [2.75, 3.05) is 31.5 Å². The summed E-state index contributed by atoms with van der Waals surface area (Å²) in [5, 5.41) is 3.96. The Morgan fingerprint density at radius 1 is 1.08 bits per heavy atom. The number of rotatable bonds is 3. The van der Waals surface area contributed by atoms with E-state index >= 15 is 0 Å². The van der Waals surface area contributed by atoms with E-state index in [9.17, 15) is 9.59 Å². The predicted molar refractivity (Wildman–Crippen MR) is 99.9 cm³/mol. The highest BCUT2D eigenvalue weighted by Gasteiger charge is 2.24. The van der Waals surface area contributed by atoms with Gasteiger partial charge in [-0.1, -0.05) is 23.2 Å². The third kappa shape index (κ3) is 4.23. The van der Waals surface area contributed by atoms with Gasteiger partial charge in [-0.15, -0.1) is 0 Å². The van der Waals surface area contributed by atoms with Crippen molar-refractivity contribution in [1.29, 1.82) is 0 Å². The number of piperazine rings is 1. The van der Waals surface area contributed by atoms with Crippen LogP contribution in [0.1, 0.15) is 17.4 Å². The normalized spacial score (nSPS) is 14.3. The second-order valence-electron chi connectivity index (χ2n) is 5.81. The summed E-state index contributed by atoms with van der Waals surface area (Å²) in [6, 6.07) is 6.56. The van der Waals surface area contributed by atoms with Crippen molar-refractivity contribution in [3.8, 4) is 0 Å². The maximum atomic E-state index is 12.7. The van der Waals surface area contributed by atoms with Gasteiger partial charge >= 0.3 is 0 Å². The van der Waals surface area contributed by atoms with Crippen LogP contribution in [0.4, 0.5) is 11.6 Å². The first-order chi connectivity index (χ1) is 12.4. The Morgan fingerprint density at radius 3 is 2.46 bits per heavy atom. The average Bonchev–Trinajstić information content (AvgIpc) is 2.64. The number of carbonyl (C=O) groups excluding carboxylic acids is 2. The van der Waals surface area contributed by atoms with Crippen LogP contribution in [0.3, 0.4) is 0 Å². The lowest BCUT2D eigenvalue weighted by atomic mass is 10.2. The van der Waals surface area contributed by atoms with Crippen LogP contribution in [0, 0.1) is 0 Å². The van der Waals surface area contributed by atoms with Gasteiger partial charge in [0.25, 0.3) is 5.91 Å². The van der Waals surface area contributed by atoms with E-state index in [4.69, 9.17) is 23.2 Å². The van der Waals surface area contributed by atoms with Crippen LogP contribution >= 0.6 is 23.2 Å². The van der Waals surface area contributed by atoms with Crippen LogP contribution < -0.4 is 5.32 Å². The standard InChI is InChI=1S/C17H17Cl2N5O2/c1-11(25)23-6-8-24(9-7-23)16(26)14-4-5-20-17(21-14)22-15-10-12(18)2-3-13(15)19/h2-5,10H,6-9H2,1H3,(H,20,21,22). The smallest absolute Gasteiger partial charge is 0.272 e. The topological polar surface area (TPSA) is 78.4 Å². The van der Waals surface area contributed by atoms with Gasteiger partial charge in [-0.25, -0.2) is 9.97 Å². The molecule has 1 aliphatic heterocycles. The zero-order valence-electron chi connectivity index (χ0n) is 14.1. The molecule has 0 spiro atoms. The molecule has 2 amide bonds. The van der Waals surface area contributed by atoms with E-state index in [0.717, 1.165) is 0 Å². The largest absolute Gasteiger partial charge is 0.339 e. The highest BCUT2D eigenvalue weighted by atomic mass is 35.5. The zero-order valence-corrected chi connectivity index (χ0v) is 15.6.